The molecule has 0 amide bonds. The van der Waals surface area contributed by atoms with Crippen LogP contribution in [-0.4, -0.2) is 24.7 Å². The second kappa shape index (κ2) is 4.27. The highest BCUT2D eigenvalue weighted by Crippen LogP contribution is 2.25. The van der Waals surface area contributed by atoms with Gasteiger partial charge in [-0.3, -0.25) is 0 Å². The molecular weight excluding hydrogens is 268 g/mol. The summed E-state index contributed by atoms with van der Waals surface area (Å²) in [5.74, 6) is 0. The van der Waals surface area contributed by atoms with Gasteiger partial charge in [0.1, 0.15) is 5.65 Å². The van der Waals surface area contributed by atoms with Gasteiger partial charge in [-0.05, 0) is 28.9 Å². The quantitative estimate of drug-likeness (QED) is 0.601. The van der Waals surface area contributed by atoms with Crippen LogP contribution in [0.1, 0.15) is 16.8 Å². The average Bonchev–Trinajstić information content (AvgIpc) is 3.11. The number of aromatic nitrogens is 5. The Morgan fingerprint density at radius 1 is 1.29 bits per heavy atom. The molecule has 0 saturated carbocycles. The molecule has 4 rings (SSSR count). The Bertz CT molecular complexity index is 955. The maximum Gasteiger partial charge on any atom is 0.226 e. The van der Waals surface area contributed by atoms with Gasteiger partial charge in [0.2, 0.25) is 5.65 Å². The lowest BCUT2D eigenvalue weighted by molar-refractivity contribution is 0.315. The molecule has 21 heavy (non-hydrogen) atoms. The van der Waals surface area contributed by atoms with Gasteiger partial charge in [-0.1, -0.05) is 6.07 Å². The van der Waals surface area contributed by atoms with Crippen LogP contribution >= 0.6 is 0 Å². The second-order valence-corrected chi connectivity index (χ2v) is 4.93. The van der Waals surface area contributed by atoms with Crippen molar-refractivity contribution in [2.24, 2.45) is 0 Å². The molecular formula is C14H12N6O. The predicted molar refractivity (Wildman–Crippen MR) is 76.7 cm³/mol. The molecule has 0 radical (unpaired) electrons. The van der Waals surface area contributed by atoms with Crippen molar-refractivity contribution in [1.29, 1.82) is 0 Å². The maximum atomic E-state index is 6.18. The van der Waals surface area contributed by atoms with Crippen molar-refractivity contribution < 1.29 is 4.63 Å². The number of nitrogens with zero attached hydrogens (tertiary/aromatic N) is 5. The molecule has 0 fully saturated rings. The van der Waals surface area contributed by atoms with E-state index in [-0.39, 0.29) is 0 Å². The van der Waals surface area contributed by atoms with Crippen molar-refractivity contribution in [2.45, 2.75) is 13.3 Å². The van der Waals surface area contributed by atoms with Crippen LogP contribution in [-0.2, 0) is 6.42 Å². The Morgan fingerprint density at radius 3 is 3.10 bits per heavy atom. The largest absolute Gasteiger partial charge is 0.396 e. The number of fused-ring (bicyclic) bond motifs is 2. The van der Waals surface area contributed by atoms with E-state index >= 15 is 0 Å². The van der Waals surface area contributed by atoms with E-state index in [1.807, 2.05) is 35.9 Å². The first-order valence-electron chi connectivity index (χ1n) is 6.51. The molecule has 4 aromatic heterocycles. The number of hydrogen-bond acceptors (Lipinski definition) is 6. The Morgan fingerprint density at radius 2 is 2.19 bits per heavy atom. The molecule has 0 saturated heterocycles. The summed E-state index contributed by atoms with van der Waals surface area (Å²) in [4.78, 5) is 8.61. The topological polar surface area (TPSA) is 95.1 Å². The van der Waals surface area contributed by atoms with Gasteiger partial charge in [0.05, 0.1) is 5.69 Å². The molecule has 0 unspecified atom stereocenters. The van der Waals surface area contributed by atoms with Crippen molar-refractivity contribution in [3.63, 3.8) is 0 Å². The molecule has 7 nitrogen and oxygen atoms in total. The van der Waals surface area contributed by atoms with Crippen molar-refractivity contribution in [1.82, 2.24) is 24.7 Å². The molecule has 0 aliphatic rings. The van der Waals surface area contributed by atoms with Crippen LogP contribution in [0.25, 0.3) is 16.8 Å². The molecule has 4 heterocycles. The number of anilines is 1. The third-order valence-corrected chi connectivity index (χ3v) is 3.59. The summed E-state index contributed by atoms with van der Waals surface area (Å²) in [6, 6.07) is 4.01. The SMILES string of the molecule is Cc1nc2nonc2c(N)c1Cc1ccc2nccn2c1. The van der Waals surface area contributed by atoms with Crippen LogP contribution in [0.15, 0.2) is 35.4 Å². The summed E-state index contributed by atoms with van der Waals surface area (Å²) in [6.45, 7) is 1.91. The van der Waals surface area contributed by atoms with Gasteiger partial charge >= 0.3 is 0 Å². The lowest BCUT2D eigenvalue weighted by atomic mass is 10.0. The summed E-state index contributed by atoms with van der Waals surface area (Å²) >= 11 is 0. The number of pyridine rings is 2. The minimum atomic E-state index is 0.443. The van der Waals surface area contributed by atoms with Crippen LogP contribution in [0.2, 0.25) is 0 Å². The van der Waals surface area contributed by atoms with E-state index < -0.39 is 0 Å². The summed E-state index contributed by atoms with van der Waals surface area (Å²) in [6.07, 6.45) is 6.39. The minimum absolute atomic E-state index is 0.443. The van der Waals surface area contributed by atoms with Gasteiger partial charge in [0.25, 0.3) is 0 Å². The van der Waals surface area contributed by atoms with Crippen LogP contribution in [0.3, 0.4) is 0 Å². The fourth-order valence-electron chi connectivity index (χ4n) is 2.49. The highest BCUT2D eigenvalue weighted by atomic mass is 16.6. The lowest BCUT2D eigenvalue weighted by Crippen LogP contribution is -2.03. The van der Waals surface area contributed by atoms with Gasteiger partial charge in [-0.2, -0.15) is 0 Å². The van der Waals surface area contributed by atoms with Crippen LogP contribution < -0.4 is 5.73 Å². The molecule has 0 aliphatic heterocycles. The van der Waals surface area contributed by atoms with E-state index in [9.17, 15) is 0 Å². The number of imidazole rings is 1. The van der Waals surface area contributed by atoms with Crippen molar-refractivity contribution in [3.8, 4) is 0 Å². The van der Waals surface area contributed by atoms with E-state index in [0.29, 0.717) is 23.3 Å². The fraction of sp³-hybridized carbons (Fsp3) is 0.143. The Labute approximate surface area is 119 Å². The van der Waals surface area contributed by atoms with Gasteiger partial charge in [0, 0.05) is 36.3 Å². The third-order valence-electron chi connectivity index (χ3n) is 3.59. The molecule has 0 spiro atoms. The molecule has 2 N–H and O–H groups in total. The normalized spacial score (nSPS) is 11.5. The Hall–Kier alpha value is -2.96. The van der Waals surface area contributed by atoms with Crippen molar-refractivity contribution in [2.75, 3.05) is 5.73 Å². The lowest BCUT2D eigenvalue weighted by Gasteiger charge is -2.09. The van der Waals surface area contributed by atoms with Gasteiger partial charge < -0.3 is 10.1 Å². The van der Waals surface area contributed by atoms with Crippen LogP contribution in [0.4, 0.5) is 5.69 Å². The molecule has 4 aromatic rings. The number of nitrogens with two attached hydrogens (primary N) is 1. The standard InChI is InChI=1S/C14H12N6O/c1-8-10(12(15)13-14(17-8)19-21-18-13)6-9-2-3-11-16-4-5-20(11)7-9/h2-5,7H,6,15H2,1H3. The molecule has 0 aromatic carbocycles. The van der Waals surface area contributed by atoms with E-state index in [4.69, 9.17) is 10.4 Å². The van der Waals surface area contributed by atoms with E-state index in [1.54, 1.807) is 6.20 Å². The smallest absolute Gasteiger partial charge is 0.226 e. The number of aryl methyl sites for hydroxylation is 1. The van der Waals surface area contributed by atoms with Gasteiger partial charge in [-0.15, -0.1) is 0 Å². The average molecular weight is 280 g/mol. The first-order valence-corrected chi connectivity index (χ1v) is 6.51. The fourth-order valence-corrected chi connectivity index (χ4v) is 2.49. The molecule has 0 bridgehead atoms. The van der Waals surface area contributed by atoms with Gasteiger partial charge in [0.15, 0.2) is 5.52 Å². The number of nitrogen functional groups attached to an aromatic ring is 1. The Kier molecular flexibility index (Phi) is 2.41. The zero-order valence-corrected chi connectivity index (χ0v) is 11.3. The molecule has 0 aliphatic carbocycles. The minimum Gasteiger partial charge on any atom is -0.396 e. The van der Waals surface area contributed by atoms with E-state index in [2.05, 4.69) is 20.3 Å². The first-order chi connectivity index (χ1) is 10.2. The maximum absolute atomic E-state index is 6.18. The monoisotopic (exact) mass is 280 g/mol. The van der Waals surface area contributed by atoms with Crippen molar-refractivity contribution in [3.05, 3.63) is 47.5 Å². The zero-order valence-electron chi connectivity index (χ0n) is 11.3. The number of rotatable bonds is 2. The molecule has 7 heteroatoms. The second-order valence-electron chi connectivity index (χ2n) is 4.93. The summed E-state index contributed by atoms with van der Waals surface area (Å²) in [5.41, 5.74) is 11.5. The zero-order chi connectivity index (χ0) is 14.4. The summed E-state index contributed by atoms with van der Waals surface area (Å²) < 4.78 is 6.67. The van der Waals surface area contributed by atoms with Crippen molar-refractivity contribution >= 4 is 22.5 Å². The Balaban J connectivity index is 1.82. The summed E-state index contributed by atoms with van der Waals surface area (Å²) in [5, 5.41) is 7.55. The van der Waals surface area contributed by atoms with Crippen LogP contribution in [0, 0.1) is 6.92 Å². The number of hydrogen-bond donors (Lipinski definition) is 1. The molecule has 104 valence electrons. The highest BCUT2D eigenvalue weighted by molar-refractivity contribution is 5.85. The first kappa shape index (κ1) is 11.8. The van der Waals surface area contributed by atoms with E-state index in [0.717, 1.165) is 22.5 Å². The van der Waals surface area contributed by atoms with E-state index in [1.165, 1.54) is 0 Å². The van der Waals surface area contributed by atoms with Gasteiger partial charge in [-0.25, -0.2) is 14.6 Å². The highest BCUT2D eigenvalue weighted by Gasteiger charge is 2.14. The third kappa shape index (κ3) is 1.82. The summed E-state index contributed by atoms with van der Waals surface area (Å²) in [7, 11) is 0. The van der Waals surface area contributed by atoms with Crippen LogP contribution in [0.5, 0.6) is 0 Å². The molecule has 0 atom stereocenters. The predicted octanol–water partition coefficient (Wildman–Crippen LogP) is 1.75.